The van der Waals surface area contributed by atoms with Gasteiger partial charge in [-0.05, 0) is 41.1 Å². The molecule has 1 amide bonds. The number of nitrogens with zero attached hydrogens (tertiary/aromatic N) is 3. The molecule has 0 bridgehead atoms. The molecule has 0 radical (unpaired) electrons. The molecule has 2 aromatic rings. The van der Waals surface area contributed by atoms with Crippen LogP contribution in [0, 0.1) is 6.92 Å². The molecule has 2 heterocycles. The van der Waals surface area contributed by atoms with Crippen LogP contribution < -0.4 is 5.32 Å². The lowest BCUT2D eigenvalue weighted by Gasteiger charge is -2.05. The van der Waals surface area contributed by atoms with E-state index >= 15 is 0 Å². The Hall–Kier alpha value is -1.82. The molecule has 92 valence electrons. The fourth-order valence-electron chi connectivity index (χ4n) is 1.39. The van der Waals surface area contributed by atoms with Gasteiger partial charge in [0.25, 0.3) is 5.91 Å². The second-order valence-corrected chi connectivity index (χ2v) is 4.46. The van der Waals surface area contributed by atoms with Gasteiger partial charge in [-0.25, -0.2) is 15.0 Å². The fourth-order valence-corrected chi connectivity index (χ4v) is 1.62. The Morgan fingerprint density at radius 1 is 1.33 bits per heavy atom. The molecule has 0 saturated heterocycles. The van der Waals surface area contributed by atoms with Gasteiger partial charge in [-0.3, -0.25) is 4.79 Å². The predicted molar refractivity (Wildman–Crippen MR) is 69.9 cm³/mol. The van der Waals surface area contributed by atoms with Crippen LogP contribution >= 0.6 is 15.9 Å². The quantitative estimate of drug-likeness (QED) is 0.879. The van der Waals surface area contributed by atoms with Crippen LogP contribution in [-0.2, 0) is 6.54 Å². The number of amides is 1. The number of carbonyl (C=O) groups is 1. The smallest absolute Gasteiger partial charge is 0.253 e. The first-order valence-corrected chi connectivity index (χ1v) is 6.13. The van der Waals surface area contributed by atoms with Crippen molar-refractivity contribution in [1.82, 2.24) is 20.3 Å². The topological polar surface area (TPSA) is 67.8 Å². The zero-order chi connectivity index (χ0) is 13.0. The summed E-state index contributed by atoms with van der Waals surface area (Å²) < 4.78 is 0.700. The van der Waals surface area contributed by atoms with Gasteiger partial charge >= 0.3 is 0 Å². The van der Waals surface area contributed by atoms with Gasteiger partial charge in [0.15, 0.2) is 0 Å². The minimum Gasteiger partial charge on any atom is -0.346 e. The third kappa shape index (κ3) is 3.33. The van der Waals surface area contributed by atoms with E-state index in [1.807, 2.05) is 6.92 Å². The average Bonchev–Trinajstić information content (AvgIpc) is 2.37. The molecule has 0 aliphatic rings. The van der Waals surface area contributed by atoms with Crippen LogP contribution in [0.2, 0.25) is 0 Å². The zero-order valence-electron chi connectivity index (χ0n) is 9.72. The molecule has 0 aromatic carbocycles. The van der Waals surface area contributed by atoms with E-state index in [0.29, 0.717) is 22.5 Å². The van der Waals surface area contributed by atoms with E-state index in [2.05, 4.69) is 36.2 Å². The first-order chi connectivity index (χ1) is 8.65. The minimum atomic E-state index is -0.175. The maximum atomic E-state index is 11.8. The molecule has 5 nitrogen and oxygen atoms in total. The van der Waals surface area contributed by atoms with E-state index in [9.17, 15) is 4.79 Å². The van der Waals surface area contributed by atoms with Crippen molar-refractivity contribution in [3.8, 4) is 0 Å². The Balaban J connectivity index is 1.98. The van der Waals surface area contributed by atoms with Crippen LogP contribution in [0.4, 0.5) is 0 Å². The Kier molecular flexibility index (Phi) is 3.99. The largest absolute Gasteiger partial charge is 0.346 e. The highest BCUT2D eigenvalue weighted by atomic mass is 79.9. The Labute approximate surface area is 113 Å². The van der Waals surface area contributed by atoms with Gasteiger partial charge in [0, 0.05) is 12.4 Å². The molecule has 0 atom stereocenters. The van der Waals surface area contributed by atoms with Gasteiger partial charge in [0.1, 0.15) is 10.4 Å². The second kappa shape index (κ2) is 5.68. The lowest BCUT2D eigenvalue weighted by molar-refractivity contribution is 0.0950. The summed E-state index contributed by atoms with van der Waals surface area (Å²) >= 11 is 3.22. The number of aromatic nitrogens is 3. The van der Waals surface area contributed by atoms with Crippen molar-refractivity contribution in [2.45, 2.75) is 13.5 Å². The van der Waals surface area contributed by atoms with E-state index in [1.54, 1.807) is 24.4 Å². The number of hydrogen-bond acceptors (Lipinski definition) is 4. The molecule has 6 heteroatoms. The third-order valence-electron chi connectivity index (χ3n) is 2.25. The summed E-state index contributed by atoms with van der Waals surface area (Å²) in [7, 11) is 0. The van der Waals surface area contributed by atoms with Gasteiger partial charge < -0.3 is 5.32 Å². The average molecular weight is 307 g/mol. The summed E-state index contributed by atoms with van der Waals surface area (Å²) in [5, 5.41) is 2.78. The van der Waals surface area contributed by atoms with Crippen LogP contribution in [0.25, 0.3) is 0 Å². The maximum Gasteiger partial charge on any atom is 0.253 e. The van der Waals surface area contributed by atoms with Crippen LogP contribution in [0.5, 0.6) is 0 Å². The molecule has 0 aliphatic heterocycles. The van der Waals surface area contributed by atoms with E-state index in [1.165, 1.54) is 6.20 Å². The van der Waals surface area contributed by atoms with Gasteiger partial charge in [-0.2, -0.15) is 0 Å². The zero-order valence-corrected chi connectivity index (χ0v) is 11.3. The lowest BCUT2D eigenvalue weighted by atomic mass is 10.2. The maximum absolute atomic E-state index is 11.8. The van der Waals surface area contributed by atoms with Crippen molar-refractivity contribution >= 4 is 21.8 Å². The number of rotatable bonds is 3. The highest BCUT2D eigenvalue weighted by Crippen LogP contribution is 2.06. The van der Waals surface area contributed by atoms with Gasteiger partial charge in [-0.15, -0.1) is 0 Å². The lowest BCUT2D eigenvalue weighted by Crippen LogP contribution is -2.23. The summed E-state index contributed by atoms with van der Waals surface area (Å²) in [5.41, 5.74) is 1.30. The van der Waals surface area contributed by atoms with Gasteiger partial charge in [0.05, 0.1) is 17.8 Å². The van der Waals surface area contributed by atoms with E-state index in [-0.39, 0.29) is 5.91 Å². The summed E-state index contributed by atoms with van der Waals surface area (Å²) in [5.74, 6) is 0.512. The van der Waals surface area contributed by atoms with E-state index in [0.717, 1.165) is 5.69 Å². The van der Waals surface area contributed by atoms with E-state index < -0.39 is 0 Å². The molecule has 2 rings (SSSR count). The third-order valence-corrected chi connectivity index (χ3v) is 2.72. The van der Waals surface area contributed by atoms with Crippen molar-refractivity contribution < 1.29 is 4.79 Å². The standard InChI is InChI=1S/C12H11BrN4O/c1-8-14-5-4-10(17-8)7-16-12(18)9-2-3-11(13)15-6-9/h2-6H,7H2,1H3,(H,16,18). The van der Waals surface area contributed by atoms with Crippen LogP contribution in [0.3, 0.4) is 0 Å². The van der Waals surface area contributed by atoms with Crippen LogP contribution in [-0.4, -0.2) is 20.9 Å². The SMILES string of the molecule is Cc1nccc(CNC(=O)c2ccc(Br)nc2)n1. The summed E-state index contributed by atoms with van der Waals surface area (Å²) in [6.45, 7) is 2.18. The minimum absolute atomic E-state index is 0.175. The van der Waals surface area contributed by atoms with Crippen molar-refractivity contribution in [3.05, 3.63) is 52.3 Å². The number of nitrogens with one attached hydrogen (secondary N) is 1. The van der Waals surface area contributed by atoms with Crippen LogP contribution in [0.15, 0.2) is 35.2 Å². The predicted octanol–water partition coefficient (Wildman–Crippen LogP) is 1.87. The molecule has 2 aromatic heterocycles. The normalized spacial score (nSPS) is 10.1. The Morgan fingerprint density at radius 3 is 2.83 bits per heavy atom. The monoisotopic (exact) mass is 306 g/mol. The molecule has 1 N–H and O–H groups in total. The summed E-state index contributed by atoms with van der Waals surface area (Å²) in [4.78, 5) is 24.0. The van der Waals surface area contributed by atoms with Crippen molar-refractivity contribution in [2.24, 2.45) is 0 Å². The highest BCUT2D eigenvalue weighted by Gasteiger charge is 2.06. The van der Waals surface area contributed by atoms with E-state index in [4.69, 9.17) is 0 Å². The molecule has 0 aliphatic carbocycles. The Bertz CT molecular complexity index is 556. The van der Waals surface area contributed by atoms with Gasteiger partial charge in [0.2, 0.25) is 0 Å². The molecule has 0 spiro atoms. The molecule has 0 saturated carbocycles. The Morgan fingerprint density at radius 2 is 2.17 bits per heavy atom. The molecule has 0 unspecified atom stereocenters. The number of pyridine rings is 1. The second-order valence-electron chi connectivity index (χ2n) is 3.65. The molecule has 0 fully saturated rings. The number of carbonyl (C=O) groups excluding carboxylic acids is 1. The number of halogens is 1. The summed E-state index contributed by atoms with van der Waals surface area (Å²) in [6.07, 6.45) is 3.19. The highest BCUT2D eigenvalue weighted by molar-refractivity contribution is 9.10. The van der Waals surface area contributed by atoms with Crippen LogP contribution in [0.1, 0.15) is 21.9 Å². The van der Waals surface area contributed by atoms with Crippen molar-refractivity contribution in [2.75, 3.05) is 0 Å². The van der Waals surface area contributed by atoms with Crippen molar-refractivity contribution in [3.63, 3.8) is 0 Å². The molecular formula is C12H11BrN4O. The number of aryl methyl sites for hydroxylation is 1. The summed E-state index contributed by atoms with van der Waals surface area (Å²) in [6, 6.07) is 5.20. The number of hydrogen-bond donors (Lipinski definition) is 1. The van der Waals surface area contributed by atoms with Crippen molar-refractivity contribution in [1.29, 1.82) is 0 Å². The molecule has 18 heavy (non-hydrogen) atoms. The fraction of sp³-hybridized carbons (Fsp3) is 0.167. The molecular weight excluding hydrogens is 296 g/mol. The van der Waals surface area contributed by atoms with Gasteiger partial charge in [-0.1, -0.05) is 0 Å². The first-order valence-electron chi connectivity index (χ1n) is 5.33. The first kappa shape index (κ1) is 12.6.